The van der Waals surface area contributed by atoms with Crippen molar-refractivity contribution in [1.29, 1.82) is 0 Å². The highest BCUT2D eigenvalue weighted by Crippen LogP contribution is 2.30. The molecule has 8 nitrogen and oxygen atoms in total. The predicted molar refractivity (Wildman–Crippen MR) is 137 cm³/mol. The zero-order valence-corrected chi connectivity index (χ0v) is 20.7. The Kier molecular flexibility index (Phi) is 8.68. The highest BCUT2D eigenvalue weighted by molar-refractivity contribution is 7.92. The van der Waals surface area contributed by atoms with Crippen molar-refractivity contribution in [3.05, 3.63) is 90.5 Å². The van der Waals surface area contributed by atoms with Crippen LogP contribution in [0.1, 0.15) is 5.56 Å². The zero-order chi connectivity index (χ0) is 27.9. The van der Waals surface area contributed by atoms with Gasteiger partial charge < -0.3 is 20.3 Å². The van der Waals surface area contributed by atoms with Gasteiger partial charge in [0.25, 0.3) is 10.0 Å². The Hall–Kier alpha value is -4.45. The van der Waals surface area contributed by atoms with Gasteiger partial charge in [-0.1, -0.05) is 48.5 Å². The Bertz CT molecular complexity index is 1520. The number of hydrogen-bond donors (Lipinski definition) is 4. The minimum absolute atomic E-state index is 0.0796. The standard InChI is InChI=1S/C24H22N2O4S.C2HF3O2/c1-30-23-11-5-8-18(24(23)27)16-25-19-12-14-20(15-13-19)31(28,29)26-22-10-4-7-17-6-2-3-9-21(17)22;3-2(4,5)1(6)7/h2-15,25-27H,16H2,1H3;(H,6,7). The maximum atomic E-state index is 12.9. The number of phenolic OH excluding ortho intramolecular Hbond substituents is 1. The maximum Gasteiger partial charge on any atom is 0.490 e. The second-order valence-corrected chi connectivity index (χ2v) is 9.46. The molecule has 0 heterocycles. The molecule has 0 unspecified atom stereocenters. The number of ether oxygens (including phenoxy) is 1. The molecule has 0 fully saturated rings. The van der Waals surface area contributed by atoms with Crippen LogP contribution in [-0.4, -0.2) is 37.9 Å². The lowest BCUT2D eigenvalue weighted by molar-refractivity contribution is -0.192. The van der Waals surface area contributed by atoms with E-state index in [1.807, 2.05) is 36.4 Å². The number of aliphatic carboxylic acids is 1. The Morgan fingerprint density at radius 1 is 0.921 bits per heavy atom. The van der Waals surface area contributed by atoms with E-state index in [4.69, 9.17) is 14.6 Å². The fourth-order valence-electron chi connectivity index (χ4n) is 3.34. The molecule has 0 bridgehead atoms. The van der Waals surface area contributed by atoms with Crippen LogP contribution in [0.25, 0.3) is 10.8 Å². The van der Waals surface area contributed by atoms with E-state index >= 15 is 0 Å². The van der Waals surface area contributed by atoms with Crippen LogP contribution in [0.5, 0.6) is 11.5 Å². The van der Waals surface area contributed by atoms with Gasteiger partial charge in [-0.3, -0.25) is 4.72 Å². The number of carbonyl (C=O) groups is 1. The van der Waals surface area contributed by atoms with Crippen molar-refractivity contribution >= 4 is 38.1 Å². The van der Waals surface area contributed by atoms with E-state index in [0.717, 1.165) is 16.5 Å². The molecule has 4 aromatic carbocycles. The summed E-state index contributed by atoms with van der Waals surface area (Å²) in [5.41, 5.74) is 1.94. The van der Waals surface area contributed by atoms with Crippen molar-refractivity contribution in [3.63, 3.8) is 0 Å². The van der Waals surface area contributed by atoms with Gasteiger partial charge >= 0.3 is 12.1 Å². The molecule has 0 aliphatic heterocycles. The summed E-state index contributed by atoms with van der Waals surface area (Å²) >= 11 is 0. The first kappa shape index (κ1) is 28.1. The summed E-state index contributed by atoms with van der Waals surface area (Å²) in [6, 6.07) is 24.8. The van der Waals surface area contributed by atoms with Gasteiger partial charge in [0.1, 0.15) is 0 Å². The highest BCUT2D eigenvalue weighted by atomic mass is 32.2. The third kappa shape index (κ3) is 7.07. The summed E-state index contributed by atoms with van der Waals surface area (Å²) in [5.74, 6) is -2.27. The van der Waals surface area contributed by atoms with Crippen LogP contribution < -0.4 is 14.8 Å². The summed E-state index contributed by atoms with van der Waals surface area (Å²) in [6.07, 6.45) is -5.08. The number of methoxy groups -OCH3 is 1. The number of anilines is 2. The summed E-state index contributed by atoms with van der Waals surface area (Å²) in [4.78, 5) is 9.06. The number of benzene rings is 4. The van der Waals surface area contributed by atoms with Crippen molar-refractivity contribution in [1.82, 2.24) is 0 Å². The van der Waals surface area contributed by atoms with E-state index in [9.17, 15) is 26.7 Å². The molecule has 0 radical (unpaired) electrons. The van der Waals surface area contributed by atoms with Crippen LogP contribution in [0.4, 0.5) is 24.5 Å². The maximum absolute atomic E-state index is 12.9. The van der Waals surface area contributed by atoms with Gasteiger partial charge in [0.05, 0.1) is 17.7 Å². The normalized spacial score (nSPS) is 11.3. The Morgan fingerprint density at radius 2 is 1.53 bits per heavy atom. The fourth-order valence-corrected chi connectivity index (χ4v) is 4.42. The van der Waals surface area contributed by atoms with E-state index in [1.165, 1.54) is 7.11 Å². The van der Waals surface area contributed by atoms with E-state index in [2.05, 4.69) is 10.0 Å². The molecule has 200 valence electrons. The van der Waals surface area contributed by atoms with Crippen LogP contribution in [0.15, 0.2) is 89.8 Å². The van der Waals surface area contributed by atoms with Gasteiger partial charge in [0.15, 0.2) is 11.5 Å². The Morgan fingerprint density at radius 3 is 2.16 bits per heavy atom. The fraction of sp³-hybridized carbons (Fsp3) is 0.115. The molecular formula is C26H23F3N2O6S. The lowest BCUT2D eigenvalue weighted by Crippen LogP contribution is -2.21. The molecular weight excluding hydrogens is 525 g/mol. The van der Waals surface area contributed by atoms with Crippen LogP contribution in [0, 0.1) is 0 Å². The van der Waals surface area contributed by atoms with Crippen molar-refractivity contribution in [2.24, 2.45) is 0 Å². The second kappa shape index (κ2) is 11.7. The molecule has 38 heavy (non-hydrogen) atoms. The molecule has 0 saturated heterocycles. The molecule has 0 aliphatic carbocycles. The zero-order valence-electron chi connectivity index (χ0n) is 19.9. The lowest BCUT2D eigenvalue weighted by atomic mass is 10.1. The number of alkyl halides is 3. The summed E-state index contributed by atoms with van der Waals surface area (Å²) < 4.78 is 65.3. The Labute approximate surface area is 216 Å². The summed E-state index contributed by atoms with van der Waals surface area (Å²) in [6.45, 7) is 0.364. The molecule has 0 atom stereocenters. The van der Waals surface area contributed by atoms with Gasteiger partial charge in [-0.15, -0.1) is 0 Å². The monoisotopic (exact) mass is 548 g/mol. The number of nitrogens with one attached hydrogen (secondary N) is 2. The van der Waals surface area contributed by atoms with Crippen LogP contribution in [-0.2, 0) is 21.4 Å². The summed E-state index contributed by atoms with van der Waals surface area (Å²) in [5, 5.41) is 22.3. The third-order valence-corrected chi connectivity index (χ3v) is 6.61. The number of carboxylic acid groups (broad SMARTS) is 1. The minimum atomic E-state index is -5.08. The van der Waals surface area contributed by atoms with E-state index in [0.29, 0.717) is 23.5 Å². The number of sulfonamides is 1. The number of para-hydroxylation sites is 1. The molecule has 0 aliphatic rings. The van der Waals surface area contributed by atoms with Crippen LogP contribution in [0.3, 0.4) is 0 Å². The van der Waals surface area contributed by atoms with Crippen molar-refractivity contribution in [2.75, 3.05) is 17.1 Å². The molecule has 0 aromatic heterocycles. The molecule has 12 heteroatoms. The number of halogens is 3. The number of phenols is 1. The van der Waals surface area contributed by atoms with Crippen molar-refractivity contribution < 1.29 is 41.3 Å². The number of aromatic hydroxyl groups is 1. The number of fused-ring (bicyclic) bond motifs is 1. The molecule has 0 spiro atoms. The lowest BCUT2D eigenvalue weighted by Gasteiger charge is -2.13. The molecule has 4 aromatic rings. The smallest absolute Gasteiger partial charge is 0.490 e. The van der Waals surface area contributed by atoms with Gasteiger partial charge in [0, 0.05) is 23.2 Å². The van der Waals surface area contributed by atoms with Crippen LogP contribution >= 0.6 is 0 Å². The first-order valence-electron chi connectivity index (χ1n) is 10.9. The van der Waals surface area contributed by atoms with Gasteiger partial charge in [-0.25, -0.2) is 13.2 Å². The number of rotatable bonds is 7. The summed E-state index contributed by atoms with van der Waals surface area (Å²) in [7, 11) is -2.24. The van der Waals surface area contributed by atoms with Gasteiger partial charge in [-0.05, 0) is 41.8 Å². The average molecular weight is 549 g/mol. The number of hydrogen-bond acceptors (Lipinski definition) is 6. The van der Waals surface area contributed by atoms with E-state index in [-0.39, 0.29) is 10.6 Å². The first-order valence-corrected chi connectivity index (χ1v) is 12.4. The average Bonchev–Trinajstić information content (AvgIpc) is 2.88. The molecule has 0 amide bonds. The molecule has 0 saturated carbocycles. The number of carboxylic acids is 1. The van der Waals surface area contributed by atoms with Gasteiger partial charge in [0.2, 0.25) is 0 Å². The highest BCUT2D eigenvalue weighted by Gasteiger charge is 2.38. The molecule has 4 rings (SSSR count). The van der Waals surface area contributed by atoms with Gasteiger partial charge in [-0.2, -0.15) is 13.2 Å². The largest absolute Gasteiger partial charge is 0.504 e. The van der Waals surface area contributed by atoms with Crippen LogP contribution in [0.2, 0.25) is 0 Å². The van der Waals surface area contributed by atoms with Crippen molar-refractivity contribution in [2.45, 2.75) is 17.6 Å². The Balaban J connectivity index is 0.000000505. The second-order valence-electron chi connectivity index (χ2n) is 7.78. The third-order valence-electron chi connectivity index (χ3n) is 5.23. The van der Waals surface area contributed by atoms with E-state index < -0.39 is 22.2 Å². The topological polar surface area (TPSA) is 125 Å². The van der Waals surface area contributed by atoms with E-state index in [1.54, 1.807) is 48.5 Å². The SMILES string of the molecule is COc1cccc(CNc2ccc(S(=O)(=O)Nc3cccc4ccccc34)cc2)c1O.O=C(O)C(F)(F)F. The minimum Gasteiger partial charge on any atom is -0.504 e. The molecule has 4 N–H and O–H groups in total. The predicted octanol–water partition coefficient (Wildman–Crippen LogP) is 5.60. The quantitative estimate of drug-likeness (QED) is 0.237. The first-order chi connectivity index (χ1) is 17.9. The van der Waals surface area contributed by atoms with Crippen molar-refractivity contribution in [3.8, 4) is 11.5 Å².